The molecule has 0 bridgehead atoms. The van der Waals surface area contributed by atoms with E-state index in [0.717, 1.165) is 24.1 Å². The first-order valence-electron chi connectivity index (χ1n) is 9.64. The Morgan fingerprint density at radius 1 is 0.929 bits per heavy atom. The summed E-state index contributed by atoms with van der Waals surface area (Å²) in [5, 5.41) is 6.22. The van der Waals surface area contributed by atoms with Crippen LogP contribution in [0.25, 0.3) is 0 Å². The number of aryl methyl sites for hydroxylation is 3. The van der Waals surface area contributed by atoms with Crippen LogP contribution in [-0.4, -0.2) is 15.9 Å². The minimum atomic E-state index is -0.185. The number of aromatic nitrogens is 2. The molecule has 0 saturated carbocycles. The Morgan fingerprint density at radius 3 is 2.11 bits per heavy atom. The third-order valence-electron chi connectivity index (χ3n) is 4.72. The summed E-state index contributed by atoms with van der Waals surface area (Å²) in [6, 6.07) is 14.4. The molecule has 0 fully saturated rings. The first kappa shape index (κ1) is 19.5. The smallest absolute Gasteiger partial charge is 0.254 e. The highest BCUT2D eigenvalue weighted by Crippen LogP contribution is 2.25. The summed E-state index contributed by atoms with van der Waals surface area (Å²) in [5.41, 5.74) is 6.20. The van der Waals surface area contributed by atoms with Crippen LogP contribution in [0.15, 0.2) is 54.9 Å². The van der Waals surface area contributed by atoms with Crippen molar-refractivity contribution >= 4 is 17.5 Å². The van der Waals surface area contributed by atoms with Crippen LogP contribution in [0.2, 0.25) is 0 Å². The predicted octanol–water partition coefficient (Wildman–Crippen LogP) is 4.58. The maximum atomic E-state index is 12.3. The Bertz CT molecular complexity index is 912. The number of nitrogens with zero attached hydrogens (tertiary/aromatic N) is 2. The number of amides is 1. The molecule has 1 amide bonds. The Balaban J connectivity index is 1.66. The molecule has 0 aliphatic heterocycles. The van der Waals surface area contributed by atoms with Crippen LogP contribution < -0.4 is 10.6 Å². The third-order valence-corrected chi connectivity index (χ3v) is 4.72. The second-order valence-corrected chi connectivity index (χ2v) is 6.75. The molecule has 2 N–H and O–H groups in total. The number of hydrogen-bond acceptors (Lipinski definition) is 4. The van der Waals surface area contributed by atoms with E-state index >= 15 is 0 Å². The summed E-state index contributed by atoms with van der Waals surface area (Å²) in [5.74, 6) is 0.306. The van der Waals surface area contributed by atoms with Crippen LogP contribution in [0.1, 0.15) is 46.5 Å². The van der Waals surface area contributed by atoms with Gasteiger partial charge in [0.05, 0.1) is 5.56 Å². The molecule has 0 aliphatic carbocycles. The number of rotatable bonds is 7. The lowest BCUT2D eigenvalue weighted by Gasteiger charge is -2.14. The molecular weight excluding hydrogens is 348 g/mol. The SMILES string of the molecule is CCc1cccc(CC)c1Nc1ncc(C(=O)NCc2ccc(C)cc2)cn1. The summed E-state index contributed by atoms with van der Waals surface area (Å²) >= 11 is 0. The van der Waals surface area contributed by atoms with Gasteiger partial charge in [0.25, 0.3) is 5.91 Å². The maximum absolute atomic E-state index is 12.3. The molecule has 1 heterocycles. The Hall–Kier alpha value is -3.21. The van der Waals surface area contributed by atoms with Crippen LogP contribution in [0.5, 0.6) is 0 Å². The van der Waals surface area contributed by atoms with E-state index in [0.29, 0.717) is 18.1 Å². The van der Waals surface area contributed by atoms with Gasteiger partial charge in [-0.05, 0) is 36.5 Å². The van der Waals surface area contributed by atoms with Crippen LogP contribution >= 0.6 is 0 Å². The van der Waals surface area contributed by atoms with Gasteiger partial charge in [-0.15, -0.1) is 0 Å². The summed E-state index contributed by atoms with van der Waals surface area (Å²) in [7, 11) is 0. The average Bonchev–Trinajstić information content (AvgIpc) is 2.73. The van der Waals surface area contributed by atoms with Gasteiger partial charge < -0.3 is 10.6 Å². The van der Waals surface area contributed by atoms with Crippen molar-refractivity contribution in [1.82, 2.24) is 15.3 Å². The number of benzene rings is 2. The molecule has 0 unspecified atom stereocenters. The zero-order valence-electron chi connectivity index (χ0n) is 16.6. The molecule has 3 rings (SSSR count). The topological polar surface area (TPSA) is 66.9 Å². The van der Waals surface area contributed by atoms with E-state index in [1.165, 1.54) is 16.7 Å². The highest BCUT2D eigenvalue weighted by molar-refractivity contribution is 5.93. The third kappa shape index (κ3) is 4.74. The van der Waals surface area contributed by atoms with Crippen molar-refractivity contribution in [3.8, 4) is 0 Å². The van der Waals surface area contributed by atoms with E-state index < -0.39 is 0 Å². The summed E-state index contributed by atoms with van der Waals surface area (Å²) < 4.78 is 0. The van der Waals surface area contributed by atoms with Crippen LogP contribution in [-0.2, 0) is 19.4 Å². The second kappa shape index (κ2) is 9.13. The summed E-state index contributed by atoms with van der Waals surface area (Å²) in [6.45, 7) is 6.77. The van der Waals surface area contributed by atoms with E-state index in [2.05, 4.69) is 52.6 Å². The standard InChI is InChI=1S/C23H26N4O/c1-4-18-7-6-8-19(5-2)21(18)27-23-25-14-20(15-26-23)22(28)24-13-17-11-9-16(3)10-12-17/h6-12,14-15H,4-5,13H2,1-3H3,(H,24,28)(H,25,26,27). The lowest BCUT2D eigenvalue weighted by atomic mass is 10.0. The Kier molecular flexibility index (Phi) is 6.37. The Labute approximate surface area is 166 Å². The zero-order valence-corrected chi connectivity index (χ0v) is 16.6. The second-order valence-electron chi connectivity index (χ2n) is 6.75. The van der Waals surface area contributed by atoms with Gasteiger partial charge in [0.1, 0.15) is 0 Å². The van der Waals surface area contributed by atoms with Crippen molar-refractivity contribution in [2.75, 3.05) is 5.32 Å². The van der Waals surface area contributed by atoms with Crippen molar-refractivity contribution in [3.63, 3.8) is 0 Å². The lowest BCUT2D eigenvalue weighted by molar-refractivity contribution is 0.0950. The van der Waals surface area contributed by atoms with Gasteiger partial charge in [-0.25, -0.2) is 9.97 Å². The minimum absolute atomic E-state index is 0.185. The number of carbonyl (C=O) groups is 1. The van der Waals surface area contributed by atoms with Crippen molar-refractivity contribution in [2.45, 2.75) is 40.2 Å². The maximum Gasteiger partial charge on any atom is 0.254 e. The fourth-order valence-corrected chi connectivity index (χ4v) is 3.02. The van der Waals surface area contributed by atoms with E-state index in [1.54, 1.807) is 12.4 Å². The molecule has 3 aromatic rings. The number of para-hydroxylation sites is 1. The van der Waals surface area contributed by atoms with Crippen LogP contribution in [0, 0.1) is 6.92 Å². The molecule has 2 aromatic carbocycles. The van der Waals surface area contributed by atoms with Gasteiger partial charge in [0, 0.05) is 24.6 Å². The predicted molar refractivity (Wildman–Crippen MR) is 113 cm³/mol. The zero-order chi connectivity index (χ0) is 19.9. The lowest BCUT2D eigenvalue weighted by Crippen LogP contribution is -2.23. The molecule has 1 aromatic heterocycles. The van der Waals surface area contributed by atoms with E-state index in [9.17, 15) is 4.79 Å². The van der Waals surface area contributed by atoms with Crippen LogP contribution in [0.4, 0.5) is 11.6 Å². The van der Waals surface area contributed by atoms with Gasteiger partial charge in [-0.1, -0.05) is 61.9 Å². The minimum Gasteiger partial charge on any atom is -0.348 e. The first-order chi connectivity index (χ1) is 13.6. The highest BCUT2D eigenvalue weighted by Gasteiger charge is 2.10. The molecular formula is C23H26N4O. The molecule has 0 atom stereocenters. The largest absolute Gasteiger partial charge is 0.348 e. The van der Waals surface area contributed by atoms with Gasteiger partial charge in [0.15, 0.2) is 0 Å². The van der Waals surface area contributed by atoms with Gasteiger partial charge in [-0.3, -0.25) is 4.79 Å². The number of nitrogens with one attached hydrogen (secondary N) is 2. The number of hydrogen-bond donors (Lipinski definition) is 2. The van der Waals surface area contributed by atoms with Crippen molar-refractivity contribution < 1.29 is 4.79 Å². The molecule has 0 saturated heterocycles. The molecule has 5 heteroatoms. The summed E-state index contributed by atoms with van der Waals surface area (Å²) in [4.78, 5) is 21.0. The van der Waals surface area contributed by atoms with Gasteiger partial charge in [-0.2, -0.15) is 0 Å². The van der Waals surface area contributed by atoms with Gasteiger partial charge >= 0.3 is 0 Å². The van der Waals surface area contributed by atoms with E-state index in [1.807, 2.05) is 31.2 Å². The van der Waals surface area contributed by atoms with Crippen molar-refractivity contribution in [3.05, 3.63) is 82.7 Å². The van der Waals surface area contributed by atoms with Crippen LogP contribution in [0.3, 0.4) is 0 Å². The number of anilines is 2. The fraction of sp³-hybridized carbons (Fsp3) is 0.261. The molecule has 28 heavy (non-hydrogen) atoms. The first-order valence-corrected chi connectivity index (χ1v) is 9.64. The fourth-order valence-electron chi connectivity index (χ4n) is 3.02. The van der Waals surface area contributed by atoms with Crippen molar-refractivity contribution in [1.29, 1.82) is 0 Å². The molecule has 5 nitrogen and oxygen atoms in total. The molecule has 0 aliphatic rings. The average molecular weight is 374 g/mol. The number of carbonyl (C=O) groups excluding carboxylic acids is 1. The molecule has 0 radical (unpaired) electrons. The Morgan fingerprint density at radius 2 is 1.54 bits per heavy atom. The normalized spacial score (nSPS) is 10.5. The van der Waals surface area contributed by atoms with E-state index in [4.69, 9.17) is 0 Å². The quantitative estimate of drug-likeness (QED) is 0.635. The van der Waals surface area contributed by atoms with E-state index in [-0.39, 0.29) is 5.91 Å². The highest BCUT2D eigenvalue weighted by atomic mass is 16.1. The monoisotopic (exact) mass is 374 g/mol. The summed E-state index contributed by atoms with van der Waals surface area (Å²) in [6.07, 6.45) is 4.96. The molecule has 144 valence electrons. The van der Waals surface area contributed by atoms with Crippen molar-refractivity contribution in [2.24, 2.45) is 0 Å². The van der Waals surface area contributed by atoms with Gasteiger partial charge in [0.2, 0.25) is 5.95 Å². The molecule has 0 spiro atoms.